The number of carbonyl (C=O) groups is 2. The molecule has 1 aromatic heterocycles. The van der Waals surface area contributed by atoms with Crippen LogP contribution in [0, 0.1) is 13.8 Å². The van der Waals surface area contributed by atoms with Crippen LogP contribution in [0.15, 0.2) is 42.5 Å². The highest BCUT2D eigenvalue weighted by Gasteiger charge is 2.26. The Labute approximate surface area is 168 Å². The molecule has 0 unspecified atom stereocenters. The van der Waals surface area contributed by atoms with Gasteiger partial charge in [-0.2, -0.15) is 0 Å². The van der Waals surface area contributed by atoms with Crippen molar-refractivity contribution in [2.24, 2.45) is 0 Å². The number of aromatic amines is 1. The highest BCUT2D eigenvalue weighted by atomic mass is 35.5. The van der Waals surface area contributed by atoms with Crippen molar-refractivity contribution < 1.29 is 9.59 Å². The van der Waals surface area contributed by atoms with Crippen LogP contribution in [-0.4, -0.2) is 52.8 Å². The number of piperazine rings is 1. The molecule has 3 aromatic rings. The number of rotatable bonds is 2. The summed E-state index contributed by atoms with van der Waals surface area (Å²) in [5, 5.41) is 1.69. The summed E-state index contributed by atoms with van der Waals surface area (Å²) in [5.74, 6) is -0.0214. The third-order valence-electron chi connectivity index (χ3n) is 5.52. The lowest BCUT2D eigenvalue weighted by molar-refractivity contribution is 0.0536. The molecule has 1 saturated heterocycles. The van der Waals surface area contributed by atoms with Crippen molar-refractivity contribution >= 4 is 34.3 Å². The Morgan fingerprint density at radius 2 is 1.50 bits per heavy atom. The second kappa shape index (κ2) is 7.32. The lowest BCUT2D eigenvalue weighted by Gasteiger charge is -2.35. The molecule has 0 spiro atoms. The van der Waals surface area contributed by atoms with Crippen molar-refractivity contribution in [3.8, 4) is 0 Å². The van der Waals surface area contributed by atoms with Crippen LogP contribution >= 0.6 is 11.6 Å². The third kappa shape index (κ3) is 3.27. The van der Waals surface area contributed by atoms with Crippen molar-refractivity contribution in [1.82, 2.24) is 14.8 Å². The number of fused-ring (bicyclic) bond motifs is 1. The molecular formula is C22H22ClN3O2. The zero-order chi connectivity index (χ0) is 19.8. The largest absolute Gasteiger partial charge is 0.358 e. The minimum absolute atomic E-state index is 0.00504. The molecule has 2 amide bonds. The van der Waals surface area contributed by atoms with Crippen molar-refractivity contribution in [1.29, 1.82) is 0 Å². The summed E-state index contributed by atoms with van der Waals surface area (Å²) in [7, 11) is 0. The van der Waals surface area contributed by atoms with Crippen LogP contribution in [0.2, 0.25) is 5.02 Å². The van der Waals surface area contributed by atoms with E-state index >= 15 is 0 Å². The number of benzene rings is 2. The van der Waals surface area contributed by atoms with Crippen molar-refractivity contribution in [2.75, 3.05) is 26.2 Å². The van der Waals surface area contributed by atoms with Gasteiger partial charge in [0, 0.05) is 47.8 Å². The second-order valence-corrected chi connectivity index (χ2v) is 7.63. The van der Waals surface area contributed by atoms with E-state index in [4.69, 9.17) is 11.6 Å². The van der Waals surface area contributed by atoms with Gasteiger partial charge in [0.15, 0.2) is 0 Å². The number of amides is 2. The predicted octanol–water partition coefficient (Wildman–Crippen LogP) is 4.04. The van der Waals surface area contributed by atoms with Crippen molar-refractivity contribution in [2.45, 2.75) is 13.8 Å². The van der Waals surface area contributed by atoms with E-state index in [2.05, 4.69) is 11.9 Å². The number of H-pyrrole nitrogens is 1. The number of carbonyl (C=O) groups excluding carboxylic acids is 2. The zero-order valence-electron chi connectivity index (χ0n) is 16.0. The van der Waals surface area contributed by atoms with Gasteiger partial charge in [0.25, 0.3) is 11.8 Å². The summed E-state index contributed by atoms with van der Waals surface area (Å²) in [6.07, 6.45) is 0. The monoisotopic (exact) mass is 395 g/mol. The van der Waals surface area contributed by atoms with Crippen LogP contribution in [0.3, 0.4) is 0 Å². The van der Waals surface area contributed by atoms with Crippen LogP contribution in [0.5, 0.6) is 0 Å². The molecule has 28 heavy (non-hydrogen) atoms. The molecule has 1 N–H and O–H groups in total. The summed E-state index contributed by atoms with van der Waals surface area (Å²) in [5.41, 5.74) is 4.44. The maximum absolute atomic E-state index is 13.1. The minimum atomic E-state index is -0.0264. The molecule has 0 saturated carbocycles. The van der Waals surface area contributed by atoms with Gasteiger partial charge in [0.2, 0.25) is 0 Å². The lowest BCUT2D eigenvalue weighted by atomic mass is 10.1. The molecule has 1 fully saturated rings. The van der Waals surface area contributed by atoms with E-state index in [-0.39, 0.29) is 11.8 Å². The standard InChI is InChI=1S/C22H22ClN3O2/c1-14-15(2)24-20-18(14)4-3-5-19(20)22(28)26-12-10-25(11-13-26)21(27)16-6-8-17(23)9-7-16/h3-9,24H,10-13H2,1-2H3. The summed E-state index contributed by atoms with van der Waals surface area (Å²) < 4.78 is 0. The third-order valence-corrected chi connectivity index (χ3v) is 5.77. The van der Waals surface area contributed by atoms with Crippen LogP contribution in [-0.2, 0) is 0 Å². The van der Waals surface area contributed by atoms with E-state index in [0.29, 0.717) is 42.3 Å². The van der Waals surface area contributed by atoms with E-state index in [1.165, 1.54) is 5.56 Å². The van der Waals surface area contributed by atoms with E-state index < -0.39 is 0 Å². The molecule has 1 aliphatic heterocycles. The Morgan fingerprint density at radius 3 is 2.14 bits per heavy atom. The van der Waals surface area contributed by atoms with Gasteiger partial charge in [-0.1, -0.05) is 23.7 Å². The Bertz CT molecular complexity index is 1050. The van der Waals surface area contributed by atoms with Gasteiger partial charge >= 0.3 is 0 Å². The number of aromatic nitrogens is 1. The smallest absolute Gasteiger partial charge is 0.256 e. The Morgan fingerprint density at radius 1 is 0.893 bits per heavy atom. The first kappa shape index (κ1) is 18.6. The Hall–Kier alpha value is -2.79. The van der Waals surface area contributed by atoms with Crippen molar-refractivity contribution in [3.05, 3.63) is 69.9 Å². The van der Waals surface area contributed by atoms with Crippen LogP contribution < -0.4 is 0 Å². The number of nitrogens with zero attached hydrogens (tertiary/aromatic N) is 2. The van der Waals surface area contributed by atoms with Gasteiger partial charge in [0.05, 0.1) is 11.1 Å². The van der Waals surface area contributed by atoms with Gasteiger partial charge in [-0.15, -0.1) is 0 Å². The average molecular weight is 396 g/mol. The predicted molar refractivity (Wildman–Crippen MR) is 111 cm³/mol. The van der Waals surface area contributed by atoms with Gasteiger partial charge in [0.1, 0.15) is 0 Å². The number of aryl methyl sites for hydroxylation is 2. The molecule has 4 rings (SSSR count). The zero-order valence-corrected chi connectivity index (χ0v) is 16.7. The first-order valence-corrected chi connectivity index (χ1v) is 9.75. The van der Waals surface area contributed by atoms with Crippen LogP contribution in [0.4, 0.5) is 0 Å². The van der Waals surface area contributed by atoms with Crippen LogP contribution in [0.1, 0.15) is 32.0 Å². The Balaban J connectivity index is 1.48. The number of hydrogen-bond acceptors (Lipinski definition) is 2. The first-order valence-electron chi connectivity index (χ1n) is 9.37. The molecule has 6 heteroatoms. The fourth-order valence-corrected chi connectivity index (χ4v) is 3.84. The van der Waals surface area contributed by atoms with Gasteiger partial charge in [-0.05, 0) is 49.7 Å². The highest BCUT2D eigenvalue weighted by Crippen LogP contribution is 2.25. The second-order valence-electron chi connectivity index (χ2n) is 7.19. The molecule has 0 aliphatic carbocycles. The molecule has 0 bridgehead atoms. The molecule has 5 nitrogen and oxygen atoms in total. The summed E-state index contributed by atoms with van der Waals surface area (Å²) >= 11 is 5.90. The minimum Gasteiger partial charge on any atom is -0.358 e. The normalized spacial score (nSPS) is 14.5. The quantitative estimate of drug-likeness (QED) is 0.712. The van der Waals surface area contributed by atoms with Crippen LogP contribution in [0.25, 0.3) is 10.9 Å². The van der Waals surface area contributed by atoms with Crippen molar-refractivity contribution in [3.63, 3.8) is 0 Å². The Kier molecular flexibility index (Phi) is 4.85. The van der Waals surface area contributed by atoms with Gasteiger partial charge in [-0.3, -0.25) is 9.59 Å². The lowest BCUT2D eigenvalue weighted by Crippen LogP contribution is -2.50. The molecule has 0 radical (unpaired) electrons. The molecule has 144 valence electrons. The average Bonchev–Trinajstić information content (AvgIpc) is 3.02. The molecule has 1 aliphatic rings. The number of nitrogens with one attached hydrogen (secondary N) is 1. The first-order chi connectivity index (χ1) is 13.5. The molecule has 0 atom stereocenters. The highest BCUT2D eigenvalue weighted by molar-refractivity contribution is 6.30. The molecule has 2 aromatic carbocycles. The van der Waals surface area contributed by atoms with E-state index in [1.54, 1.807) is 29.2 Å². The summed E-state index contributed by atoms with van der Waals surface area (Å²) in [6.45, 7) is 6.16. The SMILES string of the molecule is Cc1[nH]c2c(C(=O)N3CCN(C(=O)c4ccc(Cl)cc4)CC3)cccc2c1C. The molecule has 2 heterocycles. The fraction of sp³-hybridized carbons (Fsp3) is 0.273. The maximum Gasteiger partial charge on any atom is 0.256 e. The number of para-hydroxylation sites is 1. The molecular weight excluding hydrogens is 374 g/mol. The van der Waals surface area contributed by atoms with E-state index in [1.807, 2.05) is 30.0 Å². The number of halogens is 1. The fourth-order valence-electron chi connectivity index (χ4n) is 3.72. The maximum atomic E-state index is 13.1. The van der Waals surface area contributed by atoms with Gasteiger partial charge < -0.3 is 14.8 Å². The van der Waals surface area contributed by atoms with E-state index in [9.17, 15) is 9.59 Å². The summed E-state index contributed by atoms with van der Waals surface area (Å²) in [4.78, 5) is 32.7. The topological polar surface area (TPSA) is 56.4 Å². The summed E-state index contributed by atoms with van der Waals surface area (Å²) in [6, 6.07) is 12.7. The van der Waals surface area contributed by atoms with E-state index in [0.717, 1.165) is 16.6 Å². The number of hydrogen-bond donors (Lipinski definition) is 1. The van der Waals surface area contributed by atoms with Gasteiger partial charge in [-0.25, -0.2) is 0 Å².